The zero-order valence-corrected chi connectivity index (χ0v) is 25.8. The molecule has 1 fully saturated rings. The fourth-order valence-corrected chi connectivity index (χ4v) is 7.07. The van der Waals surface area contributed by atoms with Crippen LogP contribution in [0.3, 0.4) is 0 Å². The molecule has 6 atom stereocenters. The first kappa shape index (κ1) is 31.1. The lowest BCUT2D eigenvalue weighted by molar-refractivity contribution is -0.146. The van der Waals surface area contributed by atoms with Crippen molar-refractivity contribution in [2.45, 2.75) is 44.1 Å². The Hall–Kier alpha value is -3.94. The number of ether oxygens (including phenoxy) is 2. The first-order valence-corrected chi connectivity index (χ1v) is 16.6. The maximum Gasteiger partial charge on any atom is 0.459 e. The van der Waals surface area contributed by atoms with E-state index in [0.717, 1.165) is 22.2 Å². The minimum Gasteiger partial charge on any atom is -0.460 e. The van der Waals surface area contributed by atoms with Crippen molar-refractivity contribution in [2.75, 3.05) is 6.61 Å². The fraction of sp³-hybridized carbons (Fsp3) is 0.258. The molecule has 1 saturated heterocycles. The van der Waals surface area contributed by atoms with Gasteiger partial charge in [-0.05, 0) is 42.1 Å². The third-order valence-electron chi connectivity index (χ3n) is 7.22. The van der Waals surface area contributed by atoms with Crippen molar-refractivity contribution in [1.29, 1.82) is 0 Å². The van der Waals surface area contributed by atoms with E-state index in [1.54, 1.807) is 52.4 Å². The van der Waals surface area contributed by atoms with E-state index in [-0.39, 0.29) is 12.4 Å². The van der Waals surface area contributed by atoms with Crippen molar-refractivity contribution in [3.8, 4) is 17.0 Å². The highest BCUT2D eigenvalue weighted by Crippen LogP contribution is 2.46. The summed E-state index contributed by atoms with van der Waals surface area (Å²) in [6, 6.07) is 20.2. The van der Waals surface area contributed by atoms with Crippen molar-refractivity contribution in [1.82, 2.24) is 19.6 Å². The monoisotopic (exact) mass is 650 g/mol. The van der Waals surface area contributed by atoms with Gasteiger partial charge in [0, 0.05) is 22.5 Å². The van der Waals surface area contributed by atoms with Gasteiger partial charge in [-0.25, -0.2) is 14.5 Å². The summed E-state index contributed by atoms with van der Waals surface area (Å²) in [5, 5.41) is 29.2. The van der Waals surface area contributed by atoms with Crippen molar-refractivity contribution >= 4 is 36.1 Å². The van der Waals surface area contributed by atoms with Gasteiger partial charge in [0.25, 0.3) is 0 Å². The highest BCUT2D eigenvalue weighted by atomic mass is 32.1. The fourth-order valence-electron chi connectivity index (χ4n) is 4.93. The van der Waals surface area contributed by atoms with E-state index in [2.05, 4.69) is 15.1 Å². The average molecular weight is 651 g/mol. The molecule has 1 unspecified atom stereocenters. The summed E-state index contributed by atoms with van der Waals surface area (Å²) in [4.78, 5) is 21.6. The van der Waals surface area contributed by atoms with Gasteiger partial charge < -0.3 is 28.8 Å². The van der Waals surface area contributed by atoms with Gasteiger partial charge in [0.15, 0.2) is 6.23 Å². The van der Waals surface area contributed by atoms with Crippen LogP contribution < -0.4 is 9.61 Å². The number of aliphatic hydroxyl groups is 2. The molecule has 0 radical (unpaired) electrons. The van der Waals surface area contributed by atoms with E-state index in [1.807, 2.05) is 53.2 Å². The molecule has 12 nitrogen and oxygen atoms in total. The van der Waals surface area contributed by atoms with E-state index < -0.39 is 50.9 Å². The number of nitrogens with zero attached hydrogens (tertiary/aromatic N) is 3. The highest BCUT2D eigenvalue weighted by molar-refractivity contribution is 7.52. The molecule has 3 aromatic heterocycles. The molecule has 0 spiro atoms. The van der Waals surface area contributed by atoms with Crippen LogP contribution in [0.2, 0.25) is 0 Å². The normalized spacial score (nSPS) is 21.8. The molecular weight excluding hydrogens is 619 g/mol. The Morgan fingerprint density at radius 1 is 1.07 bits per heavy atom. The molecule has 1 aliphatic rings. The molecule has 1 aliphatic heterocycles. The molecule has 0 amide bonds. The number of para-hydroxylation sites is 1. The zero-order chi connectivity index (χ0) is 31.4. The van der Waals surface area contributed by atoms with Crippen LogP contribution in [0.25, 0.3) is 22.3 Å². The smallest absolute Gasteiger partial charge is 0.459 e. The summed E-state index contributed by atoms with van der Waals surface area (Å²) in [6.45, 7) is 1.07. The Balaban J connectivity index is 1.16. The quantitative estimate of drug-likeness (QED) is 0.127. The topological polar surface area (TPSA) is 154 Å². The van der Waals surface area contributed by atoms with Crippen molar-refractivity contribution in [2.24, 2.45) is 0 Å². The molecule has 0 aliphatic carbocycles. The largest absolute Gasteiger partial charge is 0.460 e. The van der Waals surface area contributed by atoms with Gasteiger partial charge in [-0.3, -0.25) is 9.32 Å². The number of aromatic nitrogens is 3. The number of benzene rings is 2. The van der Waals surface area contributed by atoms with Crippen LogP contribution in [0.4, 0.5) is 0 Å². The van der Waals surface area contributed by atoms with Crippen molar-refractivity contribution < 1.29 is 38.1 Å². The number of nitrogens with one attached hydrogen (secondary N) is 1. The number of aliphatic hydroxyl groups excluding tert-OH is 2. The van der Waals surface area contributed by atoms with E-state index >= 15 is 0 Å². The Bertz CT molecular complexity index is 1770. The second kappa shape index (κ2) is 13.6. The number of hydrogen-bond acceptors (Lipinski definition) is 11. The summed E-state index contributed by atoms with van der Waals surface area (Å²) < 4.78 is 38.4. The van der Waals surface area contributed by atoms with Gasteiger partial charge in [0.2, 0.25) is 0 Å². The Morgan fingerprint density at radius 3 is 2.56 bits per heavy atom. The Labute approximate surface area is 262 Å². The van der Waals surface area contributed by atoms with Crippen LogP contribution in [-0.4, -0.2) is 61.7 Å². The van der Waals surface area contributed by atoms with Gasteiger partial charge in [0.05, 0.1) is 12.3 Å². The van der Waals surface area contributed by atoms with Gasteiger partial charge in [0.1, 0.15) is 48.7 Å². The number of carbonyl (C=O) groups excluding carboxylic acids is 1. The zero-order valence-electron chi connectivity index (χ0n) is 24.1. The molecule has 6 rings (SSSR count). The summed E-state index contributed by atoms with van der Waals surface area (Å²) in [5.41, 5.74) is 2.97. The SMILES string of the molecule is C[C@H](NP(=O)(OC[C@H]1O[C@@H](n2ccc3c(-c4ccsc4)ncnc32)[C@H](O)[C@@H]1O)Oc1ccccc1)C(=O)OCc1ccccc1. The van der Waals surface area contributed by atoms with Crippen LogP contribution in [0, 0.1) is 0 Å². The summed E-state index contributed by atoms with van der Waals surface area (Å²) in [7, 11) is -4.25. The van der Waals surface area contributed by atoms with Gasteiger partial charge in [-0.15, -0.1) is 0 Å². The molecule has 234 valence electrons. The van der Waals surface area contributed by atoms with Crippen LogP contribution >= 0.6 is 19.1 Å². The summed E-state index contributed by atoms with van der Waals surface area (Å²) in [5.74, 6) is -0.445. The van der Waals surface area contributed by atoms with Crippen LogP contribution in [-0.2, 0) is 30.0 Å². The molecule has 4 heterocycles. The molecule has 2 aromatic carbocycles. The van der Waals surface area contributed by atoms with E-state index in [9.17, 15) is 19.6 Å². The first-order chi connectivity index (χ1) is 21.8. The number of rotatable bonds is 12. The molecular formula is C31H31N4O8PS. The summed E-state index contributed by atoms with van der Waals surface area (Å²) in [6.07, 6.45) is -1.75. The Kier molecular flexibility index (Phi) is 9.38. The maximum absolute atomic E-state index is 14.0. The number of thiophene rings is 1. The third kappa shape index (κ3) is 7.00. The molecule has 14 heteroatoms. The lowest BCUT2D eigenvalue weighted by atomic mass is 10.1. The van der Waals surface area contributed by atoms with Gasteiger partial charge in [-0.2, -0.15) is 16.4 Å². The van der Waals surface area contributed by atoms with E-state index in [1.165, 1.54) is 13.3 Å². The molecule has 3 N–H and O–H groups in total. The van der Waals surface area contributed by atoms with Crippen LogP contribution in [0.5, 0.6) is 5.75 Å². The Morgan fingerprint density at radius 2 is 1.82 bits per heavy atom. The third-order valence-corrected chi connectivity index (χ3v) is 9.55. The summed E-state index contributed by atoms with van der Waals surface area (Å²) >= 11 is 1.55. The number of carbonyl (C=O) groups is 1. The lowest BCUT2D eigenvalue weighted by Gasteiger charge is -2.24. The van der Waals surface area contributed by atoms with Gasteiger partial charge in [-0.1, -0.05) is 48.5 Å². The predicted octanol–water partition coefficient (Wildman–Crippen LogP) is 4.70. The minimum atomic E-state index is -4.25. The lowest BCUT2D eigenvalue weighted by Crippen LogP contribution is -2.37. The molecule has 0 saturated carbocycles. The number of fused-ring (bicyclic) bond motifs is 1. The van der Waals surface area contributed by atoms with Crippen LogP contribution in [0.1, 0.15) is 18.7 Å². The predicted molar refractivity (Wildman–Crippen MR) is 166 cm³/mol. The highest BCUT2D eigenvalue weighted by Gasteiger charge is 2.46. The standard InChI is InChI=1S/C31H31N4O8PS/c1-20(31(38)40-16-21-8-4-2-5-9-21)34-44(39,43-23-10-6-3-7-11-23)41-17-25-27(36)28(37)30(42-25)35-14-12-24-26(22-13-15-45-18-22)32-19-33-29(24)35/h2-15,18-20,25,27-28,30,36-37H,16-17H2,1H3,(H,34,39)/t20-,25+,27+,28+,30+,44?/m0/s1. The van der Waals surface area contributed by atoms with Crippen molar-refractivity contribution in [3.05, 3.63) is 102 Å². The second-order valence-electron chi connectivity index (χ2n) is 10.4. The van der Waals surface area contributed by atoms with E-state index in [4.69, 9.17) is 18.5 Å². The van der Waals surface area contributed by atoms with Crippen molar-refractivity contribution in [3.63, 3.8) is 0 Å². The first-order valence-electron chi connectivity index (χ1n) is 14.1. The number of esters is 1. The molecule has 0 bridgehead atoms. The molecule has 45 heavy (non-hydrogen) atoms. The van der Waals surface area contributed by atoms with E-state index in [0.29, 0.717) is 5.65 Å². The van der Waals surface area contributed by atoms with Gasteiger partial charge >= 0.3 is 13.7 Å². The maximum atomic E-state index is 14.0. The average Bonchev–Trinajstić information content (AvgIpc) is 3.80. The molecule has 5 aromatic rings. The second-order valence-corrected chi connectivity index (χ2v) is 12.9. The van der Waals surface area contributed by atoms with Crippen LogP contribution in [0.15, 0.2) is 96.1 Å². The number of hydrogen-bond donors (Lipinski definition) is 3. The minimum absolute atomic E-state index is 0.0333.